The number of ether oxygens (including phenoxy) is 2. The van der Waals surface area contributed by atoms with Gasteiger partial charge in [0.15, 0.2) is 0 Å². The van der Waals surface area contributed by atoms with Gasteiger partial charge in [-0.2, -0.15) is 8.78 Å². The maximum absolute atomic E-state index is 13.0. The Morgan fingerprint density at radius 1 is 1.47 bits per heavy atom. The predicted molar refractivity (Wildman–Crippen MR) is 55.7 cm³/mol. The molecule has 0 unspecified atom stereocenters. The van der Waals surface area contributed by atoms with Gasteiger partial charge in [0.25, 0.3) is 0 Å². The first-order chi connectivity index (χ1) is 6.85. The standard InChI is InChI=1S/C8H9F2IO4/c1-3-15-7(13)8(9,10)4-5(11)6(12)14-2/h4H,3H2,1-2H3/b5-4+. The lowest BCUT2D eigenvalue weighted by Gasteiger charge is -2.10. The molecule has 0 atom stereocenters. The third-order valence-electron chi connectivity index (χ3n) is 1.24. The summed E-state index contributed by atoms with van der Waals surface area (Å²) in [5, 5.41) is 0. The number of carbonyl (C=O) groups excluding carboxylic acids is 2. The largest absolute Gasteiger partial charge is 0.465 e. The third kappa shape index (κ3) is 4.54. The number of hydrogen-bond donors (Lipinski definition) is 0. The van der Waals surface area contributed by atoms with Crippen molar-refractivity contribution in [3.63, 3.8) is 0 Å². The van der Waals surface area contributed by atoms with E-state index >= 15 is 0 Å². The van der Waals surface area contributed by atoms with Crippen LogP contribution in [0.25, 0.3) is 0 Å². The molecule has 15 heavy (non-hydrogen) atoms. The molecule has 0 aliphatic heterocycles. The molecule has 0 fully saturated rings. The van der Waals surface area contributed by atoms with Crippen LogP contribution in [0.15, 0.2) is 9.66 Å². The maximum Gasteiger partial charge on any atom is 0.381 e. The van der Waals surface area contributed by atoms with Crippen molar-refractivity contribution in [2.45, 2.75) is 12.8 Å². The highest BCUT2D eigenvalue weighted by Crippen LogP contribution is 2.22. The van der Waals surface area contributed by atoms with Gasteiger partial charge in [0.2, 0.25) is 0 Å². The van der Waals surface area contributed by atoms with E-state index in [1.54, 1.807) is 0 Å². The lowest BCUT2D eigenvalue weighted by Crippen LogP contribution is -2.29. The fourth-order valence-electron chi connectivity index (χ4n) is 0.602. The minimum absolute atomic E-state index is 0.156. The van der Waals surface area contributed by atoms with E-state index in [1.165, 1.54) is 29.5 Å². The summed E-state index contributed by atoms with van der Waals surface area (Å²) in [7, 11) is 1.05. The normalized spacial score (nSPS) is 12.2. The van der Waals surface area contributed by atoms with Crippen LogP contribution in [0.1, 0.15) is 6.92 Å². The molecule has 4 nitrogen and oxygen atoms in total. The quantitative estimate of drug-likeness (QED) is 0.446. The van der Waals surface area contributed by atoms with Crippen molar-refractivity contribution in [3.05, 3.63) is 9.66 Å². The zero-order valence-electron chi connectivity index (χ0n) is 8.05. The predicted octanol–water partition coefficient (Wildman–Crippen LogP) is 1.68. The van der Waals surface area contributed by atoms with Crippen molar-refractivity contribution in [2.75, 3.05) is 13.7 Å². The summed E-state index contributed by atoms with van der Waals surface area (Å²) in [4.78, 5) is 21.5. The van der Waals surface area contributed by atoms with Crippen LogP contribution in [-0.2, 0) is 19.1 Å². The molecule has 0 N–H and O–H groups in total. The highest BCUT2D eigenvalue weighted by atomic mass is 127. The van der Waals surface area contributed by atoms with E-state index in [4.69, 9.17) is 0 Å². The number of alkyl halides is 2. The monoisotopic (exact) mass is 334 g/mol. The van der Waals surface area contributed by atoms with E-state index in [-0.39, 0.29) is 16.3 Å². The van der Waals surface area contributed by atoms with E-state index in [2.05, 4.69) is 9.47 Å². The third-order valence-corrected chi connectivity index (χ3v) is 1.99. The second kappa shape index (κ2) is 5.99. The summed E-state index contributed by atoms with van der Waals surface area (Å²) in [6.45, 7) is 1.25. The van der Waals surface area contributed by atoms with Crippen LogP contribution in [0.2, 0.25) is 0 Å². The minimum atomic E-state index is -3.82. The molecule has 0 heterocycles. The summed E-state index contributed by atoms with van der Waals surface area (Å²) in [6.07, 6.45) is 0.206. The Morgan fingerprint density at radius 2 is 2.00 bits per heavy atom. The Hall–Kier alpha value is -0.730. The Morgan fingerprint density at radius 3 is 2.40 bits per heavy atom. The lowest BCUT2D eigenvalue weighted by atomic mass is 10.3. The molecule has 0 saturated heterocycles. The van der Waals surface area contributed by atoms with Crippen LogP contribution in [0.3, 0.4) is 0 Å². The molecule has 0 aromatic carbocycles. The van der Waals surface area contributed by atoms with Crippen LogP contribution in [0.4, 0.5) is 8.78 Å². The summed E-state index contributed by atoms with van der Waals surface area (Å²) >= 11 is 1.35. The lowest BCUT2D eigenvalue weighted by molar-refractivity contribution is -0.164. The number of hydrogen-bond acceptors (Lipinski definition) is 4. The van der Waals surface area contributed by atoms with Crippen molar-refractivity contribution in [1.29, 1.82) is 0 Å². The highest BCUT2D eigenvalue weighted by Gasteiger charge is 2.39. The van der Waals surface area contributed by atoms with Gasteiger partial charge in [0, 0.05) is 6.08 Å². The Balaban J connectivity index is 4.74. The molecule has 0 aromatic rings. The molecule has 0 aromatic heterocycles. The van der Waals surface area contributed by atoms with Crippen LogP contribution < -0.4 is 0 Å². The van der Waals surface area contributed by atoms with Gasteiger partial charge < -0.3 is 9.47 Å². The minimum Gasteiger partial charge on any atom is -0.465 e. The molecule has 0 rings (SSSR count). The summed E-state index contributed by atoms with van der Waals surface area (Å²) in [5.74, 6) is -6.44. The zero-order valence-corrected chi connectivity index (χ0v) is 10.2. The number of carbonyl (C=O) groups is 2. The van der Waals surface area contributed by atoms with E-state index < -0.39 is 17.9 Å². The van der Waals surface area contributed by atoms with Gasteiger partial charge in [-0.1, -0.05) is 0 Å². The van der Waals surface area contributed by atoms with Gasteiger partial charge in [-0.25, -0.2) is 9.59 Å². The first kappa shape index (κ1) is 14.3. The van der Waals surface area contributed by atoms with Gasteiger partial charge in [0.1, 0.15) is 3.58 Å². The van der Waals surface area contributed by atoms with Crippen molar-refractivity contribution >= 4 is 34.5 Å². The first-order valence-electron chi connectivity index (χ1n) is 3.86. The van der Waals surface area contributed by atoms with Crippen LogP contribution in [0, 0.1) is 0 Å². The Bertz CT molecular complexity index is 288. The summed E-state index contributed by atoms with van der Waals surface area (Å²) in [5.41, 5.74) is 0. The van der Waals surface area contributed by atoms with Crippen molar-refractivity contribution in [3.8, 4) is 0 Å². The molecule has 0 spiro atoms. The molecule has 0 amide bonds. The molecule has 0 radical (unpaired) electrons. The van der Waals surface area contributed by atoms with Gasteiger partial charge >= 0.3 is 17.9 Å². The average Bonchev–Trinajstić information content (AvgIpc) is 2.16. The topological polar surface area (TPSA) is 52.6 Å². The fourth-order valence-corrected chi connectivity index (χ4v) is 1.21. The number of methoxy groups -OCH3 is 1. The highest BCUT2D eigenvalue weighted by molar-refractivity contribution is 14.1. The molecule has 0 aliphatic rings. The molecule has 0 saturated carbocycles. The maximum atomic E-state index is 13.0. The summed E-state index contributed by atoms with van der Waals surface area (Å²) in [6, 6.07) is 0. The molecular formula is C8H9F2IO4. The molecule has 7 heteroatoms. The Kier molecular flexibility index (Phi) is 5.69. The van der Waals surface area contributed by atoms with Crippen molar-refractivity contribution in [1.82, 2.24) is 0 Å². The Labute approximate surface area is 98.7 Å². The van der Waals surface area contributed by atoms with Gasteiger partial charge in [-0.05, 0) is 29.5 Å². The fraction of sp³-hybridized carbons (Fsp3) is 0.500. The summed E-state index contributed by atoms with van der Waals surface area (Å²) < 4.78 is 33.9. The van der Waals surface area contributed by atoms with Crippen LogP contribution in [-0.4, -0.2) is 31.6 Å². The molecule has 0 bridgehead atoms. The van der Waals surface area contributed by atoms with Gasteiger partial charge in [-0.3, -0.25) is 0 Å². The first-order valence-corrected chi connectivity index (χ1v) is 4.94. The van der Waals surface area contributed by atoms with Crippen LogP contribution >= 0.6 is 22.6 Å². The second-order valence-electron chi connectivity index (χ2n) is 2.33. The second-order valence-corrected chi connectivity index (χ2v) is 3.49. The molecule has 86 valence electrons. The number of esters is 2. The van der Waals surface area contributed by atoms with E-state index in [9.17, 15) is 18.4 Å². The van der Waals surface area contributed by atoms with Gasteiger partial charge in [-0.15, -0.1) is 0 Å². The van der Waals surface area contributed by atoms with Gasteiger partial charge in [0.05, 0.1) is 13.7 Å². The average molecular weight is 334 g/mol. The molecular weight excluding hydrogens is 325 g/mol. The van der Waals surface area contributed by atoms with E-state index in [1.807, 2.05) is 0 Å². The van der Waals surface area contributed by atoms with E-state index in [0.717, 1.165) is 7.11 Å². The number of halogens is 3. The number of rotatable bonds is 4. The zero-order chi connectivity index (χ0) is 12.1. The van der Waals surface area contributed by atoms with Crippen molar-refractivity contribution < 1.29 is 27.8 Å². The van der Waals surface area contributed by atoms with Crippen molar-refractivity contribution in [2.24, 2.45) is 0 Å². The smallest absolute Gasteiger partial charge is 0.381 e. The molecule has 0 aliphatic carbocycles. The van der Waals surface area contributed by atoms with E-state index in [0.29, 0.717) is 0 Å². The van der Waals surface area contributed by atoms with Crippen LogP contribution in [0.5, 0.6) is 0 Å². The SMILES string of the molecule is CCOC(=O)C(F)(F)/C=C(/I)C(=O)OC.